The lowest BCUT2D eigenvalue weighted by atomic mass is 9.86. The van der Waals surface area contributed by atoms with Crippen molar-refractivity contribution < 1.29 is 19.1 Å². The van der Waals surface area contributed by atoms with Gasteiger partial charge in [-0.2, -0.15) is 0 Å². The van der Waals surface area contributed by atoms with Gasteiger partial charge >= 0.3 is 5.97 Å². The third kappa shape index (κ3) is 13.6. The Morgan fingerprint density at radius 2 is 1.46 bits per heavy atom. The number of esters is 1. The second-order valence-corrected chi connectivity index (χ2v) is 11.9. The van der Waals surface area contributed by atoms with Gasteiger partial charge in [-0.1, -0.05) is 97.6 Å². The summed E-state index contributed by atoms with van der Waals surface area (Å²) in [5.41, 5.74) is 0.666. The predicted molar refractivity (Wildman–Crippen MR) is 162 cm³/mol. The monoisotopic (exact) mass is 541 g/mol. The van der Waals surface area contributed by atoms with Crippen molar-refractivity contribution in [3.05, 3.63) is 35.9 Å². The Morgan fingerprint density at radius 3 is 2.05 bits per heavy atom. The summed E-state index contributed by atoms with van der Waals surface area (Å²) in [5.74, 6) is 1.32. The van der Waals surface area contributed by atoms with E-state index in [4.69, 9.17) is 9.47 Å². The number of ether oxygens (including phenoxy) is 2. The molecule has 0 N–H and O–H groups in total. The van der Waals surface area contributed by atoms with E-state index in [1.54, 1.807) is 6.08 Å². The molecule has 1 aliphatic heterocycles. The van der Waals surface area contributed by atoms with Crippen LogP contribution in [-0.2, 0) is 14.3 Å². The van der Waals surface area contributed by atoms with Crippen LogP contribution >= 0.6 is 0 Å². The number of piperidine rings is 1. The van der Waals surface area contributed by atoms with Crippen molar-refractivity contribution >= 4 is 18.0 Å². The Hall–Kier alpha value is -2.30. The van der Waals surface area contributed by atoms with Crippen LogP contribution in [0.25, 0.3) is 6.08 Å². The normalized spacial score (nSPS) is 14.6. The number of benzene rings is 1. The Balaban J connectivity index is 1.53. The number of rotatable bonds is 19. The molecule has 0 unspecified atom stereocenters. The van der Waals surface area contributed by atoms with Gasteiger partial charge in [0, 0.05) is 24.6 Å². The minimum absolute atomic E-state index is 0.258. The van der Waals surface area contributed by atoms with E-state index in [1.165, 1.54) is 63.9 Å². The van der Waals surface area contributed by atoms with Crippen LogP contribution < -0.4 is 4.74 Å². The molecule has 0 bridgehead atoms. The van der Waals surface area contributed by atoms with Crippen LogP contribution in [0.1, 0.15) is 123 Å². The van der Waals surface area contributed by atoms with E-state index in [0.717, 1.165) is 63.1 Å². The third-order valence-electron chi connectivity index (χ3n) is 8.19. The highest BCUT2D eigenvalue weighted by Gasteiger charge is 2.32. The van der Waals surface area contributed by atoms with Crippen LogP contribution in [-0.4, -0.2) is 43.1 Å². The molecule has 0 atom stereocenters. The van der Waals surface area contributed by atoms with E-state index in [9.17, 15) is 9.59 Å². The summed E-state index contributed by atoms with van der Waals surface area (Å²) in [6.07, 6.45) is 20.2. The van der Waals surface area contributed by atoms with E-state index in [2.05, 4.69) is 13.8 Å². The minimum Gasteiger partial charge on any atom is -0.494 e. The zero-order valence-corrected chi connectivity index (χ0v) is 25.3. The fourth-order valence-corrected chi connectivity index (χ4v) is 5.00. The van der Waals surface area contributed by atoms with Gasteiger partial charge in [-0.05, 0) is 61.8 Å². The molecule has 39 heavy (non-hydrogen) atoms. The number of hydrogen-bond donors (Lipinski definition) is 0. The maximum Gasteiger partial charge on any atom is 0.330 e. The van der Waals surface area contributed by atoms with Gasteiger partial charge in [-0.3, -0.25) is 4.79 Å². The molecule has 0 spiro atoms. The summed E-state index contributed by atoms with van der Waals surface area (Å²) in [4.78, 5) is 26.8. The number of carbonyl (C=O) groups is 2. The minimum atomic E-state index is -0.311. The second-order valence-electron chi connectivity index (χ2n) is 11.9. The van der Waals surface area contributed by atoms with Crippen LogP contribution in [0.15, 0.2) is 30.3 Å². The van der Waals surface area contributed by atoms with Crippen LogP contribution in [0.4, 0.5) is 0 Å². The predicted octanol–water partition coefficient (Wildman–Crippen LogP) is 8.61. The van der Waals surface area contributed by atoms with Crippen molar-refractivity contribution in [2.24, 2.45) is 11.3 Å². The summed E-state index contributed by atoms with van der Waals surface area (Å²) in [5, 5.41) is 0. The first-order valence-electron chi connectivity index (χ1n) is 15.7. The molecule has 1 saturated heterocycles. The molecule has 1 aliphatic rings. The Morgan fingerprint density at radius 1 is 0.872 bits per heavy atom. The Kier molecular flexibility index (Phi) is 15.9. The van der Waals surface area contributed by atoms with Gasteiger partial charge in [0.15, 0.2) is 0 Å². The van der Waals surface area contributed by atoms with Crippen LogP contribution in [0, 0.1) is 11.3 Å². The maximum atomic E-state index is 12.6. The number of nitrogens with zero attached hydrogens (tertiary/aromatic N) is 1. The lowest BCUT2D eigenvalue weighted by Gasteiger charge is -2.36. The van der Waals surface area contributed by atoms with E-state index in [1.807, 2.05) is 43.0 Å². The highest BCUT2D eigenvalue weighted by molar-refractivity contribution is 5.87. The zero-order chi connectivity index (χ0) is 28.3. The molecule has 1 aromatic carbocycles. The number of amides is 1. The standard InChI is InChI=1S/C34H55NO4/c1-5-7-8-9-10-11-12-13-14-15-27-38-31-19-16-29(17-20-31)18-21-32(36)39-28-24-30-22-25-35(26-23-30)33(37)34(3,4)6-2/h16-21,30H,5-15,22-28H2,1-4H3/b21-18+. The first-order chi connectivity index (χ1) is 18.9. The molecular weight excluding hydrogens is 486 g/mol. The molecule has 0 radical (unpaired) electrons. The molecule has 220 valence electrons. The van der Waals surface area contributed by atoms with Gasteiger partial charge in [0.25, 0.3) is 0 Å². The first-order valence-corrected chi connectivity index (χ1v) is 15.7. The molecule has 0 aliphatic carbocycles. The van der Waals surface area contributed by atoms with Gasteiger partial charge in [0.2, 0.25) is 5.91 Å². The average molecular weight is 542 g/mol. The molecule has 1 fully saturated rings. The van der Waals surface area contributed by atoms with Crippen LogP contribution in [0.5, 0.6) is 5.75 Å². The number of unbranched alkanes of at least 4 members (excludes halogenated alkanes) is 9. The fraction of sp³-hybridized carbons (Fsp3) is 0.706. The SMILES string of the molecule is CCCCCCCCCCCCOc1ccc(/C=C/C(=O)OCCC2CCN(C(=O)C(C)(C)CC)CC2)cc1. The highest BCUT2D eigenvalue weighted by Crippen LogP contribution is 2.27. The molecule has 1 heterocycles. The van der Waals surface area contributed by atoms with E-state index in [-0.39, 0.29) is 17.3 Å². The van der Waals surface area contributed by atoms with Crippen LogP contribution in [0.2, 0.25) is 0 Å². The van der Waals surface area contributed by atoms with Gasteiger partial charge in [0.05, 0.1) is 13.2 Å². The quantitative estimate of drug-likeness (QED) is 0.0999. The number of likely N-dealkylation sites (tertiary alicyclic amines) is 1. The van der Waals surface area contributed by atoms with Crippen LogP contribution in [0.3, 0.4) is 0 Å². The van der Waals surface area contributed by atoms with Crippen molar-refractivity contribution in [1.29, 1.82) is 0 Å². The van der Waals surface area contributed by atoms with Crippen molar-refractivity contribution in [1.82, 2.24) is 4.90 Å². The molecule has 0 saturated carbocycles. The number of hydrogen-bond acceptors (Lipinski definition) is 4. The van der Waals surface area contributed by atoms with Crippen molar-refractivity contribution in [3.8, 4) is 5.75 Å². The smallest absolute Gasteiger partial charge is 0.330 e. The Bertz CT molecular complexity index is 837. The summed E-state index contributed by atoms with van der Waals surface area (Å²) in [6, 6.07) is 7.85. The molecule has 5 nitrogen and oxygen atoms in total. The van der Waals surface area contributed by atoms with Gasteiger partial charge in [-0.25, -0.2) is 4.79 Å². The maximum absolute atomic E-state index is 12.6. The average Bonchev–Trinajstić information content (AvgIpc) is 2.95. The lowest BCUT2D eigenvalue weighted by Crippen LogP contribution is -2.45. The van der Waals surface area contributed by atoms with E-state index in [0.29, 0.717) is 12.5 Å². The molecule has 5 heteroatoms. The summed E-state index contributed by atoms with van der Waals surface area (Å²) in [6.45, 7) is 11.2. The topological polar surface area (TPSA) is 55.8 Å². The van der Waals surface area contributed by atoms with Crippen molar-refractivity contribution in [3.63, 3.8) is 0 Å². The van der Waals surface area contributed by atoms with Gasteiger partial charge in [-0.15, -0.1) is 0 Å². The van der Waals surface area contributed by atoms with Crippen molar-refractivity contribution in [2.75, 3.05) is 26.3 Å². The van der Waals surface area contributed by atoms with Gasteiger partial charge < -0.3 is 14.4 Å². The first kappa shape index (κ1) is 32.9. The summed E-state index contributed by atoms with van der Waals surface area (Å²) < 4.78 is 11.3. The fourth-order valence-electron chi connectivity index (χ4n) is 5.00. The van der Waals surface area contributed by atoms with Gasteiger partial charge in [0.1, 0.15) is 5.75 Å². The molecule has 1 aromatic rings. The summed E-state index contributed by atoms with van der Waals surface area (Å²) in [7, 11) is 0. The zero-order valence-electron chi connectivity index (χ0n) is 25.3. The molecule has 0 aromatic heterocycles. The van der Waals surface area contributed by atoms with E-state index < -0.39 is 0 Å². The molecule has 1 amide bonds. The number of carbonyl (C=O) groups excluding carboxylic acids is 2. The summed E-state index contributed by atoms with van der Waals surface area (Å²) >= 11 is 0. The molecular formula is C34H55NO4. The molecule has 2 rings (SSSR count). The van der Waals surface area contributed by atoms with E-state index >= 15 is 0 Å². The largest absolute Gasteiger partial charge is 0.494 e. The lowest BCUT2D eigenvalue weighted by molar-refractivity contribution is -0.142. The Labute approximate surface area is 238 Å². The second kappa shape index (κ2) is 18.9. The van der Waals surface area contributed by atoms with Crippen molar-refractivity contribution in [2.45, 2.75) is 118 Å². The third-order valence-corrected chi connectivity index (χ3v) is 8.19. The highest BCUT2D eigenvalue weighted by atomic mass is 16.5.